The minimum absolute atomic E-state index is 0.244. The second-order valence-corrected chi connectivity index (χ2v) is 5.33. The van der Waals surface area contributed by atoms with Crippen LogP contribution in [-0.2, 0) is 6.54 Å². The summed E-state index contributed by atoms with van der Waals surface area (Å²) in [6, 6.07) is 5.80. The Morgan fingerprint density at radius 2 is 2.11 bits per heavy atom. The lowest BCUT2D eigenvalue weighted by atomic mass is 9.97. The minimum Gasteiger partial charge on any atom is -0.494 e. The third kappa shape index (κ3) is 2.66. The molecule has 1 aliphatic carbocycles. The fourth-order valence-electron chi connectivity index (χ4n) is 2.74. The molecule has 0 aromatic heterocycles. The van der Waals surface area contributed by atoms with Gasteiger partial charge in [-0.15, -0.1) is 0 Å². The van der Waals surface area contributed by atoms with Gasteiger partial charge in [-0.3, -0.25) is 0 Å². The summed E-state index contributed by atoms with van der Waals surface area (Å²) in [7, 11) is 1.50. The van der Waals surface area contributed by atoms with Gasteiger partial charge in [0.15, 0.2) is 11.6 Å². The summed E-state index contributed by atoms with van der Waals surface area (Å²) in [6.07, 6.45) is 2.45. The van der Waals surface area contributed by atoms with Gasteiger partial charge in [0, 0.05) is 18.2 Å². The van der Waals surface area contributed by atoms with Crippen molar-refractivity contribution in [1.82, 2.24) is 5.32 Å². The van der Waals surface area contributed by atoms with Gasteiger partial charge in [-0.1, -0.05) is 26.0 Å². The molecule has 1 saturated carbocycles. The number of hydrogen-bond donors (Lipinski definition) is 1. The maximum Gasteiger partial charge on any atom is 0.169 e. The van der Waals surface area contributed by atoms with Crippen LogP contribution in [0, 0.1) is 17.7 Å². The van der Waals surface area contributed by atoms with E-state index in [1.165, 1.54) is 20.0 Å². The van der Waals surface area contributed by atoms with Gasteiger partial charge >= 0.3 is 0 Å². The Bertz CT molecular complexity index is 407. The molecule has 0 aliphatic heterocycles. The van der Waals surface area contributed by atoms with Crippen LogP contribution in [0.4, 0.5) is 4.39 Å². The molecular formula is C15H22FNO. The molecule has 100 valence electrons. The number of halogens is 1. The van der Waals surface area contributed by atoms with Crippen molar-refractivity contribution in [2.45, 2.75) is 39.3 Å². The van der Waals surface area contributed by atoms with Crippen molar-refractivity contribution in [2.24, 2.45) is 11.8 Å². The van der Waals surface area contributed by atoms with E-state index in [4.69, 9.17) is 4.74 Å². The largest absolute Gasteiger partial charge is 0.494 e. The van der Waals surface area contributed by atoms with E-state index >= 15 is 0 Å². The SMILES string of the molecule is COc1cccc(CNC2CCC(C)C2C)c1F. The number of hydrogen-bond acceptors (Lipinski definition) is 2. The van der Waals surface area contributed by atoms with Gasteiger partial charge in [-0.2, -0.15) is 0 Å². The lowest BCUT2D eigenvalue weighted by molar-refractivity contribution is 0.362. The van der Waals surface area contributed by atoms with Gasteiger partial charge in [-0.25, -0.2) is 4.39 Å². The zero-order valence-corrected chi connectivity index (χ0v) is 11.4. The number of benzene rings is 1. The van der Waals surface area contributed by atoms with Gasteiger partial charge in [0.05, 0.1) is 7.11 Å². The Morgan fingerprint density at radius 3 is 2.72 bits per heavy atom. The average molecular weight is 251 g/mol. The highest BCUT2D eigenvalue weighted by molar-refractivity contribution is 5.30. The van der Waals surface area contributed by atoms with Crippen molar-refractivity contribution >= 4 is 0 Å². The van der Waals surface area contributed by atoms with Gasteiger partial charge in [0.25, 0.3) is 0 Å². The molecule has 1 aromatic rings. The summed E-state index contributed by atoms with van der Waals surface area (Å²) in [5, 5.41) is 3.47. The van der Waals surface area contributed by atoms with E-state index in [0.717, 1.165) is 5.92 Å². The van der Waals surface area contributed by atoms with Crippen LogP contribution in [-0.4, -0.2) is 13.2 Å². The van der Waals surface area contributed by atoms with Gasteiger partial charge < -0.3 is 10.1 Å². The lowest BCUT2D eigenvalue weighted by Gasteiger charge is -2.20. The van der Waals surface area contributed by atoms with E-state index < -0.39 is 0 Å². The number of rotatable bonds is 4. The van der Waals surface area contributed by atoms with Crippen LogP contribution in [0.5, 0.6) is 5.75 Å². The molecule has 0 saturated heterocycles. The Balaban J connectivity index is 1.98. The van der Waals surface area contributed by atoms with Crippen LogP contribution < -0.4 is 10.1 Å². The van der Waals surface area contributed by atoms with Crippen LogP contribution in [0.3, 0.4) is 0 Å². The summed E-state index contributed by atoms with van der Waals surface area (Å²) in [5.74, 6) is 1.50. The molecule has 2 nitrogen and oxygen atoms in total. The van der Waals surface area contributed by atoms with Crippen LogP contribution in [0.1, 0.15) is 32.3 Å². The quantitative estimate of drug-likeness (QED) is 0.886. The average Bonchev–Trinajstić information content (AvgIpc) is 2.69. The highest BCUT2D eigenvalue weighted by atomic mass is 19.1. The fraction of sp³-hybridized carbons (Fsp3) is 0.600. The Hall–Kier alpha value is -1.09. The van der Waals surface area contributed by atoms with Crippen LogP contribution in [0.25, 0.3) is 0 Å². The molecule has 1 aliphatic rings. The molecule has 0 bridgehead atoms. The summed E-state index contributed by atoms with van der Waals surface area (Å²) in [4.78, 5) is 0. The van der Waals surface area contributed by atoms with Crippen molar-refractivity contribution in [3.05, 3.63) is 29.6 Å². The minimum atomic E-state index is -0.244. The maximum atomic E-state index is 14.0. The highest BCUT2D eigenvalue weighted by Crippen LogP contribution is 2.31. The van der Waals surface area contributed by atoms with Crippen LogP contribution in [0.15, 0.2) is 18.2 Å². The topological polar surface area (TPSA) is 21.3 Å². The first-order valence-electron chi connectivity index (χ1n) is 6.68. The third-order valence-electron chi connectivity index (χ3n) is 4.28. The monoisotopic (exact) mass is 251 g/mol. The van der Waals surface area contributed by atoms with E-state index in [2.05, 4.69) is 19.2 Å². The molecule has 2 rings (SSSR count). The zero-order valence-electron chi connectivity index (χ0n) is 11.4. The fourth-order valence-corrected chi connectivity index (χ4v) is 2.74. The van der Waals surface area contributed by atoms with Crippen molar-refractivity contribution in [3.8, 4) is 5.75 Å². The second kappa shape index (κ2) is 5.70. The Labute approximate surface area is 109 Å². The lowest BCUT2D eigenvalue weighted by Crippen LogP contribution is -2.32. The van der Waals surface area contributed by atoms with Crippen molar-refractivity contribution < 1.29 is 9.13 Å². The number of methoxy groups -OCH3 is 1. The molecule has 0 radical (unpaired) electrons. The molecule has 3 unspecified atom stereocenters. The molecule has 0 heterocycles. The van der Waals surface area contributed by atoms with E-state index in [1.807, 2.05) is 12.1 Å². The van der Waals surface area contributed by atoms with E-state index in [1.54, 1.807) is 6.07 Å². The van der Waals surface area contributed by atoms with Gasteiger partial charge in [0.2, 0.25) is 0 Å². The van der Waals surface area contributed by atoms with E-state index in [0.29, 0.717) is 29.8 Å². The van der Waals surface area contributed by atoms with Crippen molar-refractivity contribution in [3.63, 3.8) is 0 Å². The molecule has 0 amide bonds. The standard InChI is InChI=1S/C15H22FNO/c1-10-7-8-13(11(10)2)17-9-12-5-4-6-14(18-3)15(12)16/h4-6,10-11,13,17H,7-9H2,1-3H3. The first-order chi connectivity index (χ1) is 8.63. The Kier molecular flexibility index (Phi) is 4.23. The molecule has 3 atom stereocenters. The third-order valence-corrected chi connectivity index (χ3v) is 4.28. The van der Waals surface area contributed by atoms with Crippen molar-refractivity contribution in [1.29, 1.82) is 0 Å². The number of nitrogens with one attached hydrogen (secondary N) is 1. The van der Waals surface area contributed by atoms with Gasteiger partial charge in [0.1, 0.15) is 0 Å². The maximum absolute atomic E-state index is 14.0. The molecule has 1 N–H and O–H groups in total. The summed E-state index contributed by atoms with van der Waals surface area (Å²) < 4.78 is 18.9. The first-order valence-corrected chi connectivity index (χ1v) is 6.68. The molecule has 1 aromatic carbocycles. The van der Waals surface area contributed by atoms with E-state index in [-0.39, 0.29) is 5.82 Å². The Morgan fingerprint density at radius 1 is 1.33 bits per heavy atom. The predicted octanol–water partition coefficient (Wildman–Crippen LogP) is 3.36. The van der Waals surface area contributed by atoms with Gasteiger partial charge in [-0.05, 0) is 30.7 Å². The molecule has 1 fully saturated rings. The molecule has 3 heteroatoms. The molecular weight excluding hydrogens is 229 g/mol. The van der Waals surface area contributed by atoms with Crippen LogP contribution in [0.2, 0.25) is 0 Å². The summed E-state index contributed by atoms with van der Waals surface area (Å²) in [6.45, 7) is 5.14. The normalized spacial score (nSPS) is 27.4. The molecule has 18 heavy (non-hydrogen) atoms. The summed E-state index contributed by atoms with van der Waals surface area (Å²) >= 11 is 0. The molecule has 0 spiro atoms. The van der Waals surface area contributed by atoms with Crippen LogP contribution >= 0.6 is 0 Å². The zero-order chi connectivity index (χ0) is 13.1. The smallest absolute Gasteiger partial charge is 0.169 e. The first kappa shape index (κ1) is 13.3. The number of ether oxygens (including phenoxy) is 1. The highest BCUT2D eigenvalue weighted by Gasteiger charge is 2.29. The second-order valence-electron chi connectivity index (χ2n) is 5.33. The summed E-state index contributed by atoms with van der Waals surface area (Å²) in [5.41, 5.74) is 0.682. The van der Waals surface area contributed by atoms with Crippen molar-refractivity contribution in [2.75, 3.05) is 7.11 Å². The van der Waals surface area contributed by atoms with E-state index in [9.17, 15) is 4.39 Å². The predicted molar refractivity (Wildman–Crippen MR) is 71.1 cm³/mol.